The van der Waals surface area contributed by atoms with E-state index in [2.05, 4.69) is 0 Å². The highest BCUT2D eigenvalue weighted by atomic mass is 16.5. The highest BCUT2D eigenvalue weighted by molar-refractivity contribution is 5.13. The first-order valence-electron chi connectivity index (χ1n) is 6.72. The Balaban J connectivity index is 1.61. The number of ether oxygens (including phenoxy) is 2. The molecule has 1 fully saturated rings. The summed E-state index contributed by atoms with van der Waals surface area (Å²) in [5, 5.41) is 9.91. The van der Waals surface area contributed by atoms with Gasteiger partial charge in [0.2, 0.25) is 0 Å². The van der Waals surface area contributed by atoms with Crippen molar-refractivity contribution in [3.63, 3.8) is 0 Å². The first-order chi connectivity index (χ1) is 8.84. The van der Waals surface area contributed by atoms with Gasteiger partial charge in [0.15, 0.2) is 0 Å². The Labute approximate surface area is 109 Å². The Hall–Kier alpha value is -0.900. The molecule has 0 spiro atoms. The number of hydrogen-bond acceptors (Lipinski definition) is 3. The topological polar surface area (TPSA) is 38.7 Å². The Morgan fingerprint density at radius 2 is 1.94 bits per heavy atom. The lowest BCUT2D eigenvalue weighted by molar-refractivity contribution is -0.00103. The maximum absolute atomic E-state index is 9.91. The molecule has 0 amide bonds. The molecule has 100 valence electrons. The van der Waals surface area contributed by atoms with Crippen molar-refractivity contribution in [3.05, 3.63) is 35.9 Å². The van der Waals surface area contributed by atoms with E-state index in [1.54, 1.807) is 0 Å². The molecule has 1 aromatic carbocycles. The van der Waals surface area contributed by atoms with Gasteiger partial charge >= 0.3 is 0 Å². The molecule has 1 saturated heterocycles. The van der Waals surface area contributed by atoms with E-state index in [-0.39, 0.29) is 6.10 Å². The van der Waals surface area contributed by atoms with Crippen LogP contribution in [0.4, 0.5) is 0 Å². The molecule has 3 heteroatoms. The average molecular weight is 250 g/mol. The minimum absolute atomic E-state index is 0.350. The summed E-state index contributed by atoms with van der Waals surface area (Å²) in [6.45, 7) is 2.67. The fourth-order valence-corrected chi connectivity index (χ4v) is 2.32. The van der Waals surface area contributed by atoms with Gasteiger partial charge in [-0.25, -0.2) is 0 Å². The summed E-state index contributed by atoms with van der Waals surface area (Å²) in [6, 6.07) is 10.0. The first-order valence-corrected chi connectivity index (χ1v) is 6.72. The van der Waals surface area contributed by atoms with E-state index in [1.807, 2.05) is 30.3 Å². The SMILES string of the molecule is OC(COCc1ccccc1)CC1CCOCC1. The summed E-state index contributed by atoms with van der Waals surface area (Å²) < 4.78 is 10.8. The molecule has 1 heterocycles. The number of aliphatic hydroxyl groups excluding tert-OH is 1. The van der Waals surface area contributed by atoms with Gasteiger partial charge in [-0.1, -0.05) is 30.3 Å². The molecule has 2 rings (SSSR count). The van der Waals surface area contributed by atoms with Gasteiger partial charge in [0, 0.05) is 13.2 Å². The highest BCUT2D eigenvalue weighted by Crippen LogP contribution is 2.20. The van der Waals surface area contributed by atoms with Crippen molar-refractivity contribution in [2.24, 2.45) is 5.92 Å². The second-order valence-electron chi connectivity index (χ2n) is 4.95. The Bertz CT molecular complexity index is 320. The van der Waals surface area contributed by atoms with Gasteiger partial charge in [-0.15, -0.1) is 0 Å². The largest absolute Gasteiger partial charge is 0.391 e. The molecule has 0 saturated carbocycles. The zero-order valence-electron chi connectivity index (χ0n) is 10.8. The van der Waals surface area contributed by atoms with E-state index in [1.165, 1.54) is 0 Å². The van der Waals surface area contributed by atoms with Crippen molar-refractivity contribution < 1.29 is 14.6 Å². The maximum Gasteiger partial charge on any atom is 0.0776 e. The van der Waals surface area contributed by atoms with Crippen LogP contribution in [0.3, 0.4) is 0 Å². The third-order valence-electron chi connectivity index (χ3n) is 3.37. The molecule has 0 radical (unpaired) electrons. The molecule has 1 aromatic rings. The van der Waals surface area contributed by atoms with Gasteiger partial charge in [-0.05, 0) is 30.7 Å². The van der Waals surface area contributed by atoms with Crippen molar-refractivity contribution in [2.45, 2.75) is 32.0 Å². The van der Waals surface area contributed by atoms with Crippen LogP contribution in [-0.4, -0.2) is 31.0 Å². The number of aliphatic hydroxyl groups is 1. The maximum atomic E-state index is 9.91. The molecule has 0 aliphatic carbocycles. The van der Waals surface area contributed by atoms with Crippen molar-refractivity contribution in [2.75, 3.05) is 19.8 Å². The van der Waals surface area contributed by atoms with Crippen LogP contribution in [-0.2, 0) is 16.1 Å². The molecule has 1 N–H and O–H groups in total. The van der Waals surface area contributed by atoms with E-state index in [0.29, 0.717) is 19.1 Å². The number of benzene rings is 1. The summed E-state index contributed by atoms with van der Waals surface area (Å²) in [5.74, 6) is 0.592. The molecular formula is C15H22O3. The molecular weight excluding hydrogens is 228 g/mol. The van der Waals surface area contributed by atoms with Gasteiger partial charge < -0.3 is 14.6 Å². The fourth-order valence-electron chi connectivity index (χ4n) is 2.32. The van der Waals surface area contributed by atoms with Crippen molar-refractivity contribution in [3.8, 4) is 0 Å². The summed E-state index contributed by atoms with van der Waals surface area (Å²) in [4.78, 5) is 0. The second kappa shape index (κ2) is 7.52. The van der Waals surface area contributed by atoms with Crippen LogP contribution in [0.15, 0.2) is 30.3 Å². The minimum atomic E-state index is -0.350. The van der Waals surface area contributed by atoms with Gasteiger partial charge in [0.05, 0.1) is 19.3 Å². The smallest absolute Gasteiger partial charge is 0.0776 e. The summed E-state index contributed by atoms with van der Waals surface area (Å²) in [6.07, 6.45) is 2.61. The summed E-state index contributed by atoms with van der Waals surface area (Å²) >= 11 is 0. The Morgan fingerprint density at radius 3 is 2.67 bits per heavy atom. The van der Waals surface area contributed by atoms with Crippen molar-refractivity contribution in [1.29, 1.82) is 0 Å². The average Bonchev–Trinajstić information content (AvgIpc) is 2.41. The van der Waals surface area contributed by atoms with E-state index in [4.69, 9.17) is 9.47 Å². The van der Waals surface area contributed by atoms with Crippen molar-refractivity contribution in [1.82, 2.24) is 0 Å². The number of hydrogen-bond donors (Lipinski definition) is 1. The predicted molar refractivity (Wildman–Crippen MR) is 70.3 cm³/mol. The van der Waals surface area contributed by atoms with Crippen LogP contribution in [0.1, 0.15) is 24.8 Å². The van der Waals surface area contributed by atoms with E-state index in [0.717, 1.165) is 38.0 Å². The fraction of sp³-hybridized carbons (Fsp3) is 0.600. The zero-order chi connectivity index (χ0) is 12.6. The normalized spacial score (nSPS) is 18.7. The van der Waals surface area contributed by atoms with Crippen LogP contribution in [0, 0.1) is 5.92 Å². The van der Waals surface area contributed by atoms with Crippen LogP contribution in [0.5, 0.6) is 0 Å². The van der Waals surface area contributed by atoms with Crippen LogP contribution in [0.25, 0.3) is 0 Å². The summed E-state index contributed by atoms with van der Waals surface area (Å²) in [7, 11) is 0. The zero-order valence-corrected chi connectivity index (χ0v) is 10.8. The third-order valence-corrected chi connectivity index (χ3v) is 3.37. The van der Waals surface area contributed by atoms with Gasteiger partial charge in [0.1, 0.15) is 0 Å². The quantitative estimate of drug-likeness (QED) is 0.842. The van der Waals surface area contributed by atoms with Crippen LogP contribution < -0.4 is 0 Å². The predicted octanol–water partition coefficient (Wildman–Crippen LogP) is 2.38. The van der Waals surface area contributed by atoms with E-state index in [9.17, 15) is 5.11 Å². The number of rotatable bonds is 6. The Morgan fingerprint density at radius 1 is 1.22 bits per heavy atom. The van der Waals surface area contributed by atoms with E-state index < -0.39 is 0 Å². The molecule has 18 heavy (non-hydrogen) atoms. The van der Waals surface area contributed by atoms with Crippen molar-refractivity contribution >= 4 is 0 Å². The first kappa shape index (κ1) is 13.5. The highest BCUT2D eigenvalue weighted by Gasteiger charge is 2.17. The second-order valence-corrected chi connectivity index (χ2v) is 4.95. The summed E-state index contributed by atoms with van der Waals surface area (Å²) in [5.41, 5.74) is 1.15. The lowest BCUT2D eigenvalue weighted by Crippen LogP contribution is -2.24. The Kier molecular flexibility index (Phi) is 5.65. The van der Waals surface area contributed by atoms with Crippen LogP contribution >= 0.6 is 0 Å². The third kappa shape index (κ3) is 4.77. The molecule has 0 bridgehead atoms. The molecule has 1 aliphatic rings. The minimum Gasteiger partial charge on any atom is -0.391 e. The van der Waals surface area contributed by atoms with Crippen LogP contribution in [0.2, 0.25) is 0 Å². The van der Waals surface area contributed by atoms with Gasteiger partial charge in [-0.2, -0.15) is 0 Å². The van der Waals surface area contributed by atoms with Gasteiger partial charge in [0.25, 0.3) is 0 Å². The monoisotopic (exact) mass is 250 g/mol. The standard InChI is InChI=1S/C15H22O3/c16-15(10-13-6-8-17-9-7-13)12-18-11-14-4-2-1-3-5-14/h1-5,13,15-16H,6-12H2. The molecule has 1 atom stereocenters. The van der Waals surface area contributed by atoms with Gasteiger partial charge in [-0.3, -0.25) is 0 Å². The lowest BCUT2D eigenvalue weighted by Gasteiger charge is -2.24. The lowest BCUT2D eigenvalue weighted by atomic mass is 9.94. The molecule has 3 nitrogen and oxygen atoms in total. The van der Waals surface area contributed by atoms with E-state index >= 15 is 0 Å². The molecule has 1 unspecified atom stereocenters. The molecule has 0 aromatic heterocycles. The molecule has 1 aliphatic heterocycles.